The van der Waals surface area contributed by atoms with Crippen molar-refractivity contribution in [3.05, 3.63) is 35.9 Å². The van der Waals surface area contributed by atoms with E-state index in [0.717, 1.165) is 5.56 Å². The van der Waals surface area contributed by atoms with E-state index in [2.05, 4.69) is 0 Å². The molecule has 0 aromatic heterocycles. The first-order valence-corrected chi connectivity index (χ1v) is 7.46. The van der Waals surface area contributed by atoms with Gasteiger partial charge in [0.15, 0.2) is 12.1 Å². The van der Waals surface area contributed by atoms with Crippen molar-refractivity contribution in [2.75, 3.05) is 6.61 Å². The van der Waals surface area contributed by atoms with Crippen molar-refractivity contribution in [1.29, 1.82) is 0 Å². The van der Waals surface area contributed by atoms with Crippen LogP contribution in [-0.2, 0) is 25.6 Å². The lowest BCUT2D eigenvalue weighted by Crippen LogP contribution is -2.44. The Morgan fingerprint density at radius 3 is 2.64 bits per heavy atom. The Morgan fingerprint density at radius 1 is 1.23 bits per heavy atom. The van der Waals surface area contributed by atoms with E-state index in [1.807, 2.05) is 30.3 Å². The number of benzene rings is 1. The van der Waals surface area contributed by atoms with Crippen LogP contribution in [0.25, 0.3) is 0 Å². The highest BCUT2D eigenvalue weighted by Gasteiger charge is 2.56. The van der Waals surface area contributed by atoms with Crippen LogP contribution < -0.4 is 0 Å². The molecule has 2 aliphatic rings. The van der Waals surface area contributed by atoms with Gasteiger partial charge in [-0.2, -0.15) is 0 Å². The third kappa shape index (κ3) is 3.17. The molecule has 5 atom stereocenters. The highest BCUT2D eigenvalue weighted by atomic mass is 16.8. The molecule has 6 nitrogen and oxygen atoms in total. The Kier molecular flexibility index (Phi) is 4.49. The van der Waals surface area contributed by atoms with Crippen LogP contribution in [0.3, 0.4) is 0 Å². The molecule has 1 aromatic rings. The number of aliphatic hydroxyl groups is 2. The van der Waals surface area contributed by atoms with Crippen LogP contribution in [0.15, 0.2) is 30.3 Å². The van der Waals surface area contributed by atoms with Gasteiger partial charge in [-0.25, -0.2) is 0 Å². The molecule has 0 aliphatic carbocycles. The van der Waals surface area contributed by atoms with Crippen LogP contribution in [0.1, 0.15) is 19.4 Å². The summed E-state index contributed by atoms with van der Waals surface area (Å²) in [5.41, 5.74) is 1.02. The normalized spacial score (nSPS) is 34.5. The van der Waals surface area contributed by atoms with E-state index in [9.17, 15) is 10.2 Å². The van der Waals surface area contributed by atoms with Crippen LogP contribution in [0, 0.1) is 0 Å². The van der Waals surface area contributed by atoms with Crippen LogP contribution in [0.5, 0.6) is 0 Å². The summed E-state index contributed by atoms with van der Waals surface area (Å²) in [6.45, 7) is 3.58. The van der Waals surface area contributed by atoms with Crippen LogP contribution in [-0.4, -0.2) is 53.3 Å². The molecule has 2 aliphatic heterocycles. The molecule has 2 saturated heterocycles. The Balaban J connectivity index is 1.71. The number of hydrogen-bond acceptors (Lipinski definition) is 6. The molecule has 122 valence electrons. The van der Waals surface area contributed by atoms with Crippen LogP contribution in [0.4, 0.5) is 0 Å². The van der Waals surface area contributed by atoms with Gasteiger partial charge >= 0.3 is 0 Å². The predicted octanol–water partition coefficient (Wildman–Crippen LogP) is 0.801. The summed E-state index contributed by atoms with van der Waals surface area (Å²) < 4.78 is 23.1. The largest absolute Gasteiger partial charge is 0.394 e. The molecule has 3 rings (SSSR count). The second-order valence-electron chi connectivity index (χ2n) is 6.08. The Bertz CT molecular complexity index is 491. The van der Waals surface area contributed by atoms with Gasteiger partial charge in [0.25, 0.3) is 0 Å². The van der Waals surface area contributed by atoms with Crippen molar-refractivity contribution in [3.8, 4) is 0 Å². The molecule has 0 spiro atoms. The number of aliphatic hydroxyl groups excluding tert-OH is 2. The van der Waals surface area contributed by atoms with E-state index in [0.29, 0.717) is 6.61 Å². The van der Waals surface area contributed by atoms with Gasteiger partial charge in [-0.15, -0.1) is 0 Å². The summed E-state index contributed by atoms with van der Waals surface area (Å²) >= 11 is 0. The molecule has 0 amide bonds. The summed E-state index contributed by atoms with van der Waals surface area (Å²) in [5, 5.41) is 19.1. The number of rotatable bonds is 5. The lowest BCUT2D eigenvalue weighted by Gasteiger charge is -2.28. The van der Waals surface area contributed by atoms with Gasteiger partial charge in [-0.3, -0.25) is 0 Å². The molecule has 2 unspecified atom stereocenters. The van der Waals surface area contributed by atoms with Gasteiger partial charge in [-0.05, 0) is 19.4 Å². The highest BCUT2D eigenvalue weighted by molar-refractivity contribution is 5.13. The molecule has 0 bridgehead atoms. The van der Waals surface area contributed by atoms with Crippen LogP contribution >= 0.6 is 0 Å². The fourth-order valence-electron chi connectivity index (χ4n) is 2.87. The first-order valence-electron chi connectivity index (χ1n) is 7.46. The molecule has 2 fully saturated rings. The van der Waals surface area contributed by atoms with Crippen molar-refractivity contribution in [2.45, 2.75) is 56.9 Å². The first-order chi connectivity index (χ1) is 10.5. The van der Waals surface area contributed by atoms with E-state index in [1.165, 1.54) is 0 Å². The van der Waals surface area contributed by atoms with E-state index < -0.39 is 43.1 Å². The topological polar surface area (TPSA) is 77.4 Å². The quantitative estimate of drug-likeness (QED) is 0.838. The monoisotopic (exact) mass is 310 g/mol. The Hall–Kier alpha value is -1.02. The zero-order chi connectivity index (χ0) is 15.7. The van der Waals surface area contributed by atoms with E-state index in [1.54, 1.807) is 13.8 Å². The second-order valence-corrected chi connectivity index (χ2v) is 6.08. The first kappa shape index (κ1) is 15.9. The molecular weight excluding hydrogens is 288 g/mol. The Morgan fingerprint density at radius 2 is 1.95 bits per heavy atom. The number of fused-ring (bicyclic) bond motifs is 1. The number of ether oxygens (including phenoxy) is 4. The van der Waals surface area contributed by atoms with Crippen molar-refractivity contribution in [2.24, 2.45) is 0 Å². The SMILES string of the molecule is CC1(C)OC2[C@H](O[C@H](C(O)CO)[C@@H]2OCc2ccccc2)O1. The molecule has 2 heterocycles. The summed E-state index contributed by atoms with van der Waals surface area (Å²) in [5.74, 6) is -0.751. The summed E-state index contributed by atoms with van der Waals surface area (Å²) in [6, 6.07) is 9.73. The maximum atomic E-state index is 9.94. The van der Waals surface area contributed by atoms with Gasteiger partial charge in [0.1, 0.15) is 24.4 Å². The summed E-state index contributed by atoms with van der Waals surface area (Å²) in [6.07, 6.45) is -3.25. The van der Waals surface area contributed by atoms with Crippen molar-refractivity contribution in [3.63, 3.8) is 0 Å². The minimum Gasteiger partial charge on any atom is -0.394 e. The minimum absolute atomic E-state index is 0.372. The molecule has 6 heteroatoms. The zero-order valence-corrected chi connectivity index (χ0v) is 12.7. The van der Waals surface area contributed by atoms with Gasteiger partial charge in [0.05, 0.1) is 13.2 Å². The molecule has 0 radical (unpaired) electrons. The lowest BCUT2D eigenvalue weighted by atomic mass is 10.1. The van der Waals surface area contributed by atoms with E-state index in [4.69, 9.17) is 18.9 Å². The highest BCUT2D eigenvalue weighted by Crippen LogP contribution is 2.39. The molecule has 22 heavy (non-hydrogen) atoms. The molecule has 0 saturated carbocycles. The lowest BCUT2D eigenvalue weighted by molar-refractivity contribution is -0.232. The molecular formula is C16H22O6. The predicted molar refractivity (Wildman–Crippen MR) is 76.8 cm³/mol. The average molecular weight is 310 g/mol. The maximum absolute atomic E-state index is 9.94. The van der Waals surface area contributed by atoms with Crippen molar-refractivity contribution in [1.82, 2.24) is 0 Å². The fourth-order valence-corrected chi connectivity index (χ4v) is 2.87. The van der Waals surface area contributed by atoms with Crippen LogP contribution in [0.2, 0.25) is 0 Å². The second kappa shape index (κ2) is 6.23. The average Bonchev–Trinajstić information content (AvgIpc) is 2.97. The van der Waals surface area contributed by atoms with E-state index >= 15 is 0 Å². The van der Waals surface area contributed by atoms with Gasteiger partial charge in [0, 0.05) is 0 Å². The standard InChI is InChI=1S/C16H22O6/c1-16(2)21-14-13(19-9-10-6-4-3-5-7-10)12(11(18)8-17)20-15(14)22-16/h3-7,11-15,17-18H,8-9H2,1-2H3/t11?,12-,13+,14?,15-/m1/s1. The Labute approximate surface area is 129 Å². The fraction of sp³-hybridized carbons (Fsp3) is 0.625. The van der Waals surface area contributed by atoms with Gasteiger partial charge in [-0.1, -0.05) is 30.3 Å². The summed E-state index contributed by atoms with van der Waals surface area (Å²) in [4.78, 5) is 0. The zero-order valence-electron chi connectivity index (χ0n) is 12.7. The third-order valence-corrected chi connectivity index (χ3v) is 3.88. The van der Waals surface area contributed by atoms with Gasteiger partial charge in [0.2, 0.25) is 0 Å². The molecule has 1 aromatic carbocycles. The molecule has 2 N–H and O–H groups in total. The van der Waals surface area contributed by atoms with Crippen molar-refractivity contribution >= 4 is 0 Å². The number of hydrogen-bond donors (Lipinski definition) is 2. The van der Waals surface area contributed by atoms with Crippen molar-refractivity contribution < 1.29 is 29.2 Å². The maximum Gasteiger partial charge on any atom is 0.190 e. The summed E-state index contributed by atoms with van der Waals surface area (Å²) in [7, 11) is 0. The smallest absolute Gasteiger partial charge is 0.190 e. The minimum atomic E-state index is -1.04. The third-order valence-electron chi connectivity index (χ3n) is 3.88. The van der Waals surface area contributed by atoms with E-state index in [-0.39, 0.29) is 0 Å². The van der Waals surface area contributed by atoms with Gasteiger partial charge < -0.3 is 29.2 Å².